The summed E-state index contributed by atoms with van der Waals surface area (Å²) in [5, 5.41) is 12.2. The number of rotatable bonds is 6. The third-order valence-electron chi connectivity index (χ3n) is 4.08. The third kappa shape index (κ3) is 3.70. The number of halogens is 1. The quantitative estimate of drug-likeness (QED) is 0.695. The summed E-state index contributed by atoms with van der Waals surface area (Å²) < 4.78 is 45.6. The van der Waals surface area contributed by atoms with Gasteiger partial charge in [-0.25, -0.2) is 17.5 Å². The number of aliphatic hydroxyl groups is 1. The number of nitrogens with one attached hydrogen (secondary N) is 1. The fraction of sp³-hybridized carbons (Fsp3) is 0.158. The molecule has 0 bridgehead atoms. The molecule has 136 valence electrons. The van der Waals surface area contributed by atoms with Crippen molar-refractivity contribution < 1.29 is 22.7 Å². The predicted octanol–water partition coefficient (Wildman–Crippen LogP) is 3.00. The van der Waals surface area contributed by atoms with Gasteiger partial charge in [0.2, 0.25) is 10.0 Å². The number of fused-ring (bicyclic) bond motifs is 1. The normalized spacial score (nSPS) is 12.9. The van der Waals surface area contributed by atoms with E-state index in [0.29, 0.717) is 5.56 Å². The van der Waals surface area contributed by atoms with Crippen molar-refractivity contribution in [1.82, 2.24) is 4.72 Å². The average molecular weight is 375 g/mol. The van der Waals surface area contributed by atoms with Crippen LogP contribution in [0.5, 0.6) is 5.75 Å². The molecule has 5 nitrogen and oxygen atoms in total. The standard InChI is InChI=1S/C19H18FNO4S/c1-25-19-10-9-14(11-17(19)20)26(23,24)21-12-18(22)16-8-4-6-13-5-2-3-7-15(13)16/h2-11,18,21-22H,12H2,1H3/t18-/m0/s1. The minimum absolute atomic E-state index is 0.0419. The molecule has 0 fully saturated rings. The zero-order chi connectivity index (χ0) is 18.7. The topological polar surface area (TPSA) is 75.6 Å². The molecule has 0 aliphatic heterocycles. The Hall–Kier alpha value is -2.48. The van der Waals surface area contributed by atoms with Crippen LogP contribution in [-0.4, -0.2) is 27.2 Å². The summed E-state index contributed by atoms with van der Waals surface area (Å²) in [6.45, 7) is -0.232. The maximum absolute atomic E-state index is 13.8. The first-order chi connectivity index (χ1) is 12.4. The molecule has 0 aliphatic carbocycles. The molecule has 7 heteroatoms. The van der Waals surface area contributed by atoms with Crippen molar-refractivity contribution in [3.8, 4) is 5.75 Å². The molecule has 2 N–H and O–H groups in total. The van der Waals surface area contributed by atoms with E-state index < -0.39 is 21.9 Å². The molecule has 0 saturated heterocycles. The molecule has 0 aromatic heterocycles. The molecule has 0 saturated carbocycles. The second kappa shape index (κ2) is 7.41. The lowest BCUT2D eigenvalue weighted by Crippen LogP contribution is -2.28. The van der Waals surface area contributed by atoms with Crippen LogP contribution in [0.1, 0.15) is 11.7 Å². The van der Waals surface area contributed by atoms with Gasteiger partial charge in [0.05, 0.1) is 18.1 Å². The van der Waals surface area contributed by atoms with E-state index in [1.165, 1.54) is 19.2 Å². The number of hydrogen-bond acceptors (Lipinski definition) is 4. The fourth-order valence-electron chi connectivity index (χ4n) is 2.74. The summed E-state index contributed by atoms with van der Waals surface area (Å²) in [5.41, 5.74) is 0.617. The number of hydrogen-bond donors (Lipinski definition) is 2. The van der Waals surface area contributed by atoms with E-state index in [1.807, 2.05) is 30.3 Å². The molecule has 0 radical (unpaired) electrons. The van der Waals surface area contributed by atoms with Crippen molar-refractivity contribution in [2.75, 3.05) is 13.7 Å². The number of benzene rings is 3. The second-order valence-electron chi connectivity index (χ2n) is 5.73. The van der Waals surface area contributed by atoms with E-state index in [-0.39, 0.29) is 17.2 Å². The van der Waals surface area contributed by atoms with E-state index in [0.717, 1.165) is 16.8 Å². The Morgan fingerprint density at radius 2 is 1.85 bits per heavy atom. The minimum atomic E-state index is -3.97. The Balaban J connectivity index is 1.80. The van der Waals surface area contributed by atoms with Crippen LogP contribution in [0.15, 0.2) is 65.6 Å². The molecule has 1 atom stereocenters. The van der Waals surface area contributed by atoms with Gasteiger partial charge >= 0.3 is 0 Å². The van der Waals surface area contributed by atoms with Gasteiger partial charge in [0.1, 0.15) is 0 Å². The highest BCUT2D eigenvalue weighted by Crippen LogP contribution is 2.25. The zero-order valence-corrected chi connectivity index (χ0v) is 14.8. The molecule has 0 heterocycles. The highest BCUT2D eigenvalue weighted by molar-refractivity contribution is 7.89. The smallest absolute Gasteiger partial charge is 0.240 e. The lowest BCUT2D eigenvalue weighted by molar-refractivity contribution is 0.183. The van der Waals surface area contributed by atoms with Crippen LogP contribution in [0, 0.1) is 5.82 Å². The van der Waals surface area contributed by atoms with Gasteiger partial charge < -0.3 is 9.84 Å². The largest absolute Gasteiger partial charge is 0.494 e. The predicted molar refractivity (Wildman–Crippen MR) is 97.0 cm³/mol. The summed E-state index contributed by atoms with van der Waals surface area (Å²) >= 11 is 0. The monoisotopic (exact) mass is 375 g/mol. The zero-order valence-electron chi connectivity index (χ0n) is 14.0. The molecule has 3 rings (SSSR count). The summed E-state index contributed by atoms with van der Waals surface area (Å²) in [4.78, 5) is -0.235. The van der Waals surface area contributed by atoms with Crippen LogP contribution in [0.25, 0.3) is 10.8 Å². The average Bonchev–Trinajstić information content (AvgIpc) is 2.65. The lowest BCUT2D eigenvalue weighted by Gasteiger charge is -2.15. The summed E-state index contributed by atoms with van der Waals surface area (Å²) in [6, 6.07) is 16.3. The summed E-state index contributed by atoms with van der Waals surface area (Å²) in [7, 11) is -2.67. The highest BCUT2D eigenvalue weighted by atomic mass is 32.2. The molecule has 0 unspecified atom stereocenters. The Morgan fingerprint density at radius 1 is 1.12 bits per heavy atom. The maximum Gasteiger partial charge on any atom is 0.240 e. The maximum atomic E-state index is 13.8. The van der Waals surface area contributed by atoms with Gasteiger partial charge in [0, 0.05) is 6.54 Å². The Bertz CT molecular complexity index is 1030. The van der Waals surface area contributed by atoms with E-state index in [9.17, 15) is 17.9 Å². The van der Waals surface area contributed by atoms with Gasteiger partial charge in [-0.15, -0.1) is 0 Å². The molecule has 3 aromatic carbocycles. The molecule has 0 amide bonds. The van der Waals surface area contributed by atoms with Crippen molar-refractivity contribution in [2.24, 2.45) is 0 Å². The number of ether oxygens (including phenoxy) is 1. The van der Waals surface area contributed by atoms with Gasteiger partial charge in [0.25, 0.3) is 0 Å². The van der Waals surface area contributed by atoms with Crippen LogP contribution in [0.2, 0.25) is 0 Å². The first-order valence-electron chi connectivity index (χ1n) is 7.91. The van der Waals surface area contributed by atoms with Crippen LogP contribution >= 0.6 is 0 Å². The Morgan fingerprint density at radius 3 is 2.58 bits per heavy atom. The molecular weight excluding hydrogens is 357 g/mol. The van der Waals surface area contributed by atoms with E-state index >= 15 is 0 Å². The fourth-order valence-corrected chi connectivity index (χ4v) is 3.79. The van der Waals surface area contributed by atoms with Gasteiger partial charge in [0.15, 0.2) is 11.6 Å². The van der Waals surface area contributed by atoms with Crippen molar-refractivity contribution in [2.45, 2.75) is 11.0 Å². The first-order valence-corrected chi connectivity index (χ1v) is 9.39. The van der Waals surface area contributed by atoms with E-state index in [1.54, 1.807) is 12.1 Å². The molecule has 26 heavy (non-hydrogen) atoms. The van der Waals surface area contributed by atoms with Gasteiger partial charge in [-0.05, 0) is 34.5 Å². The number of aliphatic hydroxyl groups excluding tert-OH is 1. The van der Waals surface area contributed by atoms with Gasteiger partial charge in [-0.1, -0.05) is 42.5 Å². The van der Waals surface area contributed by atoms with E-state index in [4.69, 9.17) is 4.74 Å². The second-order valence-corrected chi connectivity index (χ2v) is 7.50. The van der Waals surface area contributed by atoms with Crippen LogP contribution in [0.3, 0.4) is 0 Å². The van der Waals surface area contributed by atoms with Crippen molar-refractivity contribution in [3.63, 3.8) is 0 Å². The Kier molecular flexibility index (Phi) is 5.22. The van der Waals surface area contributed by atoms with Crippen molar-refractivity contribution >= 4 is 20.8 Å². The molecular formula is C19H18FNO4S. The summed E-state index contributed by atoms with van der Waals surface area (Å²) in [5.74, 6) is -0.815. The molecule has 3 aromatic rings. The lowest BCUT2D eigenvalue weighted by atomic mass is 10.0. The summed E-state index contributed by atoms with van der Waals surface area (Å²) in [6.07, 6.45) is -1.04. The van der Waals surface area contributed by atoms with E-state index in [2.05, 4.69) is 4.72 Å². The third-order valence-corrected chi connectivity index (χ3v) is 5.50. The van der Waals surface area contributed by atoms with Crippen LogP contribution < -0.4 is 9.46 Å². The SMILES string of the molecule is COc1ccc(S(=O)(=O)NC[C@H](O)c2cccc3ccccc23)cc1F. The number of methoxy groups -OCH3 is 1. The first kappa shape index (κ1) is 18.3. The van der Waals surface area contributed by atoms with Gasteiger partial charge in [-0.3, -0.25) is 0 Å². The van der Waals surface area contributed by atoms with Crippen molar-refractivity contribution in [3.05, 3.63) is 72.0 Å². The minimum Gasteiger partial charge on any atom is -0.494 e. The van der Waals surface area contributed by atoms with Gasteiger partial charge in [-0.2, -0.15) is 0 Å². The highest BCUT2D eigenvalue weighted by Gasteiger charge is 2.19. The number of sulfonamides is 1. The van der Waals surface area contributed by atoms with Crippen LogP contribution in [-0.2, 0) is 10.0 Å². The molecule has 0 spiro atoms. The Labute approximate surface area is 151 Å². The molecule has 0 aliphatic rings. The van der Waals surface area contributed by atoms with Crippen LogP contribution in [0.4, 0.5) is 4.39 Å². The van der Waals surface area contributed by atoms with Crippen molar-refractivity contribution in [1.29, 1.82) is 0 Å².